The molecule has 2 aliphatic rings. The Morgan fingerprint density at radius 2 is 1.84 bits per heavy atom. The molecule has 2 aromatic rings. The molecule has 0 amide bonds. The van der Waals surface area contributed by atoms with Gasteiger partial charge in [0.2, 0.25) is 0 Å². The van der Waals surface area contributed by atoms with Crippen LogP contribution in [0.3, 0.4) is 0 Å². The lowest BCUT2D eigenvalue weighted by Crippen LogP contribution is -2.32. The lowest BCUT2D eigenvalue weighted by atomic mass is 9.78. The molecule has 0 heterocycles. The third kappa shape index (κ3) is 1.70. The Morgan fingerprint density at radius 3 is 2.58 bits per heavy atom. The largest absolute Gasteiger partial charge is 0.385 e. The van der Waals surface area contributed by atoms with Crippen molar-refractivity contribution in [1.82, 2.24) is 0 Å². The number of rotatable bonds is 1. The second-order valence-corrected chi connectivity index (χ2v) is 7.72. The van der Waals surface area contributed by atoms with Crippen LogP contribution in [-0.2, 0) is 5.60 Å². The van der Waals surface area contributed by atoms with Gasteiger partial charge in [0.15, 0.2) is 0 Å². The Hall–Kier alpha value is -1.12. The van der Waals surface area contributed by atoms with Crippen LogP contribution in [0, 0.1) is 11.8 Å². The molecule has 2 aliphatic carbocycles. The summed E-state index contributed by atoms with van der Waals surface area (Å²) < 4.78 is 0. The average Bonchev–Trinajstić information content (AvgIpc) is 2.98. The summed E-state index contributed by atoms with van der Waals surface area (Å²) in [4.78, 5) is 0. The van der Waals surface area contributed by atoms with E-state index >= 15 is 0 Å². The number of fused-ring (bicyclic) bond motifs is 3. The maximum atomic E-state index is 11.1. The van der Waals surface area contributed by atoms with E-state index in [4.69, 9.17) is 0 Å². The molecule has 2 heteroatoms. The highest BCUT2D eigenvalue weighted by molar-refractivity contribution is 6.33. The van der Waals surface area contributed by atoms with E-state index in [0.717, 1.165) is 28.1 Å². The topological polar surface area (TPSA) is 20.2 Å². The number of benzene rings is 2. The highest BCUT2D eigenvalue weighted by Gasteiger charge is 2.50. The molecule has 1 N–H and O–H groups in total. The Balaban J connectivity index is 1.81. The van der Waals surface area contributed by atoms with Crippen LogP contribution in [-0.4, -0.2) is 15.3 Å². The van der Waals surface area contributed by atoms with Gasteiger partial charge in [-0.05, 0) is 59.9 Å². The molecule has 2 fully saturated rings. The third-order valence-corrected chi connectivity index (χ3v) is 5.93. The Kier molecular flexibility index (Phi) is 2.42. The van der Waals surface area contributed by atoms with Gasteiger partial charge >= 0.3 is 0 Å². The second kappa shape index (κ2) is 3.94. The zero-order valence-electron chi connectivity index (χ0n) is 11.4. The van der Waals surface area contributed by atoms with Gasteiger partial charge < -0.3 is 5.11 Å². The van der Waals surface area contributed by atoms with Gasteiger partial charge in [-0.3, -0.25) is 0 Å². The van der Waals surface area contributed by atoms with Gasteiger partial charge in [-0.1, -0.05) is 35.5 Å². The Bertz CT molecular complexity index is 651. The van der Waals surface area contributed by atoms with E-state index in [1.165, 1.54) is 35.2 Å². The van der Waals surface area contributed by atoms with Gasteiger partial charge in [0, 0.05) is 10.2 Å². The molecule has 3 unspecified atom stereocenters. The van der Waals surface area contributed by atoms with Gasteiger partial charge in [-0.25, -0.2) is 0 Å². The third-order valence-electron chi connectivity index (χ3n) is 5.31. The van der Waals surface area contributed by atoms with Crippen molar-refractivity contribution >= 4 is 26.2 Å². The minimum Gasteiger partial charge on any atom is -0.385 e. The summed E-state index contributed by atoms with van der Waals surface area (Å²) in [6.45, 7) is 0. The average molecular weight is 268 g/mol. The minimum atomic E-state index is -0.545. The van der Waals surface area contributed by atoms with Crippen LogP contribution in [0.5, 0.6) is 0 Å². The Morgan fingerprint density at radius 1 is 1.05 bits per heavy atom. The van der Waals surface area contributed by atoms with Gasteiger partial charge in [0.25, 0.3) is 0 Å². The fraction of sp³-hybridized carbons (Fsp3) is 0.412. The van der Waals surface area contributed by atoms with Crippen LogP contribution < -0.4 is 5.19 Å². The van der Waals surface area contributed by atoms with Crippen molar-refractivity contribution in [2.45, 2.75) is 31.3 Å². The molecular weight excluding hydrogens is 248 g/mol. The molecule has 0 aliphatic heterocycles. The highest BCUT2D eigenvalue weighted by Crippen LogP contribution is 2.55. The molecule has 2 bridgehead atoms. The lowest BCUT2D eigenvalue weighted by molar-refractivity contribution is -0.0181. The molecule has 0 aromatic heterocycles. The summed E-state index contributed by atoms with van der Waals surface area (Å²) in [5.74, 6) is 1.25. The van der Waals surface area contributed by atoms with Crippen LogP contribution in [0.25, 0.3) is 10.8 Å². The van der Waals surface area contributed by atoms with Crippen LogP contribution in [0.1, 0.15) is 31.2 Å². The SMILES string of the molecule is OC1(c2ccc3cc([SiH3])ccc3c2)CC2CCC1C2. The van der Waals surface area contributed by atoms with Crippen molar-refractivity contribution in [2.24, 2.45) is 11.8 Å². The van der Waals surface area contributed by atoms with E-state index in [-0.39, 0.29) is 0 Å². The van der Waals surface area contributed by atoms with E-state index in [9.17, 15) is 5.11 Å². The minimum absolute atomic E-state index is 0.493. The Labute approximate surface area is 117 Å². The number of hydrogen-bond acceptors (Lipinski definition) is 1. The zero-order chi connectivity index (χ0) is 13.0. The first-order chi connectivity index (χ1) is 9.15. The number of hydrogen-bond donors (Lipinski definition) is 1. The van der Waals surface area contributed by atoms with Crippen LogP contribution >= 0.6 is 0 Å². The predicted octanol–water partition coefficient (Wildman–Crippen LogP) is 1.84. The van der Waals surface area contributed by atoms with Crippen LogP contribution in [0.15, 0.2) is 36.4 Å². The highest BCUT2D eigenvalue weighted by atomic mass is 28.1. The van der Waals surface area contributed by atoms with Gasteiger partial charge in [-0.15, -0.1) is 0 Å². The van der Waals surface area contributed by atoms with E-state index in [2.05, 4.69) is 36.4 Å². The smallest absolute Gasteiger partial charge is 0.0927 e. The standard InChI is InChI=1S/C17H20OSi/c18-17(10-11-1-4-14(17)7-11)15-5-2-13-9-16(19)6-3-12(13)8-15/h2-3,5-6,8-9,11,14,18H,1,4,7,10H2,19H3. The van der Waals surface area contributed by atoms with E-state index in [1.54, 1.807) is 0 Å². The zero-order valence-corrected chi connectivity index (χ0v) is 13.4. The van der Waals surface area contributed by atoms with Crippen molar-refractivity contribution in [2.75, 3.05) is 0 Å². The summed E-state index contributed by atoms with van der Waals surface area (Å²) in [6.07, 6.45) is 4.74. The summed E-state index contributed by atoms with van der Waals surface area (Å²) in [5.41, 5.74) is 0.602. The predicted molar refractivity (Wildman–Crippen MR) is 82.9 cm³/mol. The summed E-state index contributed by atoms with van der Waals surface area (Å²) in [7, 11) is 1.10. The first kappa shape index (κ1) is 11.7. The molecular formula is C17H20OSi. The van der Waals surface area contributed by atoms with Gasteiger partial charge in [0.05, 0.1) is 5.60 Å². The second-order valence-electron chi connectivity index (χ2n) is 6.57. The fourth-order valence-corrected chi connectivity index (χ4v) is 4.77. The molecule has 2 aromatic carbocycles. The maximum absolute atomic E-state index is 11.1. The molecule has 0 saturated heterocycles. The summed E-state index contributed by atoms with van der Waals surface area (Å²) in [5, 5.41) is 15.1. The van der Waals surface area contributed by atoms with E-state index in [1.807, 2.05) is 0 Å². The molecule has 0 spiro atoms. The summed E-state index contributed by atoms with van der Waals surface area (Å²) >= 11 is 0. The normalized spacial score (nSPS) is 33.3. The van der Waals surface area contributed by atoms with Crippen molar-refractivity contribution < 1.29 is 5.11 Å². The lowest BCUT2D eigenvalue weighted by Gasteiger charge is -2.33. The van der Waals surface area contributed by atoms with E-state index < -0.39 is 5.60 Å². The van der Waals surface area contributed by atoms with Gasteiger partial charge in [-0.2, -0.15) is 0 Å². The van der Waals surface area contributed by atoms with Crippen molar-refractivity contribution in [1.29, 1.82) is 0 Å². The molecule has 2 saturated carbocycles. The number of aliphatic hydroxyl groups is 1. The van der Waals surface area contributed by atoms with Crippen LogP contribution in [0.4, 0.5) is 0 Å². The fourth-order valence-electron chi connectivity index (χ4n) is 4.29. The molecule has 1 nitrogen and oxygen atoms in total. The molecule has 3 atom stereocenters. The first-order valence-electron chi connectivity index (χ1n) is 7.38. The maximum Gasteiger partial charge on any atom is 0.0927 e. The monoisotopic (exact) mass is 268 g/mol. The molecule has 19 heavy (non-hydrogen) atoms. The molecule has 0 radical (unpaired) electrons. The van der Waals surface area contributed by atoms with Crippen molar-refractivity contribution in [3.63, 3.8) is 0 Å². The van der Waals surface area contributed by atoms with E-state index in [0.29, 0.717) is 5.92 Å². The van der Waals surface area contributed by atoms with Crippen molar-refractivity contribution in [3.05, 3.63) is 42.0 Å². The van der Waals surface area contributed by atoms with Crippen LogP contribution in [0.2, 0.25) is 0 Å². The molecule has 4 rings (SSSR count). The van der Waals surface area contributed by atoms with Gasteiger partial charge in [0.1, 0.15) is 0 Å². The van der Waals surface area contributed by atoms with Crippen molar-refractivity contribution in [3.8, 4) is 0 Å². The molecule has 98 valence electrons. The summed E-state index contributed by atoms with van der Waals surface area (Å²) in [6, 6.07) is 13.3. The quantitative estimate of drug-likeness (QED) is 0.783. The first-order valence-corrected chi connectivity index (χ1v) is 8.38.